The van der Waals surface area contributed by atoms with E-state index in [9.17, 15) is 0 Å². The number of rotatable bonds is 6. The van der Waals surface area contributed by atoms with Gasteiger partial charge in [-0.25, -0.2) is 0 Å². The van der Waals surface area contributed by atoms with Gasteiger partial charge in [0.2, 0.25) is 0 Å². The average Bonchev–Trinajstić information content (AvgIpc) is 3.62. The molecule has 1 nitrogen and oxygen atoms in total. The van der Waals surface area contributed by atoms with E-state index < -0.39 is 0 Å². The molecular weight excluding hydrogens is 675 g/mol. The van der Waals surface area contributed by atoms with Gasteiger partial charge in [-0.3, -0.25) is 0 Å². The lowest BCUT2D eigenvalue weighted by Gasteiger charge is -2.16. The van der Waals surface area contributed by atoms with Gasteiger partial charge in [0.05, 0.1) is 11.2 Å². The minimum atomic E-state index is 1.16. The Morgan fingerprint density at radius 3 is 1.82 bits per heavy atom. The van der Waals surface area contributed by atoms with Crippen LogP contribution < -0.4 is 0 Å². The first-order chi connectivity index (χ1) is 27.4. The highest BCUT2D eigenvalue weighted by Gasteiger charge is 2.16. The van der Waals surface area contributed by atoms with Crippen LogP contribution in [0.4, 0.5) is 0 Å². The van der Waals surface area contributed by atoms with Crippen LogP contribution in [-0.2, 0) is 0 Å². The van der Waals surface area contributed by atoms with Crippen LogP contribution in [0, 0.1) is 27.7 Å². The quantitative estimate of drug-likeness (QED) is 0.161. The van der Waals surface area contributed by atoms with Crippen molar-refractivity contribution in [3.05, 3.63) is 228 Å². The lowest BCUT2D eigenvalue weighted by molar-refractivity contribution is 1.13. The van der Waals surface area contributed by atoms with Crippen molar-refractivity contribution in [1.29, 1.82) is 0 Å². The third-order valence-corrected chi connectivity index (χ3v) is 11.0. The van der Waals surface area contributed by atoms with E-state index >= 15 is 0 Å². The van der Waals surface area contributed by atoms with E-state index in [0.29, 0.717) is 0 Å². The molecular formula is C55H47N. The van der Waals surface area contributed by atoms with E-state index in [4.69, 9.17) is 0 Å². The fraction of sp³-hybridized carbons (Fsp3) is 0.0909. The van der Waals surface area contributed by atoms with Gasteiger partial charge in [-0.1, -0.05) is 170 Å². The summed E-state index contributed by atoms with van der Waals surface area (Å²) in [6.07, 6.45) is 2.22. The number of nitrogens with zero attached hydrogens (tertiary/aromatic N) is 1. The van der Waals surface area contributed by atoms with Gasteiger partial charge in [-0.2, -0.15) is 0 Å². The van der Waals surface area contributed by atoms with E-state index in [-0.39, 0.29) is 0 Å². The lowest BCUT2D eigenvalue weighted by atomic mass is 9.91. The van der Waals surface area contributed by atoms with Gasteiger partial charge in [0.15, 0.2) is 0 Å². The molecule has 0 radical (unpaired) electrons. The Balaban J connectivity index is 0.000000343. The number of hydrogen-bond donors (Lipinski definition) is 0. The summed E-state index contributed by atoms with van der Waals surface area (Å²) in [7, 11) is 0. The van der Waals surface area contributed by atoms with Crippen molar-refractivity contribution >= 4 is 27.2 Å². The van der Waals surface area contributed by atoms with Crippen molar-refractivity contribution < 1.29 is 0 Å². The molecule has 0 spiro atoms. The topological polar surface area (TPSA) is 4.93 Å². The maximum Gasteiger partial charge on any atom is 0.0541 e. The zero-order valence-electron chi connectivity index (χ0n) is 32.9. The molecule has 0 saturated heterocycles. The standard InChI is InChI=1S/C44H37N.C11H10/c1-5-39(33-15-8-6-9-16-33)41-25-23-35(26-32(41)4)36-21-22-37-28-43(34-17-10-7-11-18-34)45(44(37)27-36)38-24-20-31(3)42(29-38)40-19-13-12-14-30(40)2;1-9-5-4-7-10-6-2-3-8-11(9)10/h5-29H,1-4H3;2-8H,1H3/b39-5-;. The summed E-state index contributed by atoms with van der Waals surface area (Å²) in [4.78, 5) is 0. The number of aromatic nitrogens is 1. The summed E-state index contributed by atoms with van der Waals surface area (Å²) in [5.74, 6) is 0. The second-order valence-electron chi connectivity index (χ2n) is 14.7. The maximum atomic E-state index is 2.43. The molecule has 1 heterocycles. The highest BCUT2D eigenvalue weighted by Crippen LogP contribution is 2.37. The van der Waals surface area contributed by atoms with Crippen LogP contribution in [0.25, 0.3) is 66.4 Å². The van der Waals surface area contributed by atoms with Crippen LogP contribution in [0.1, 0.15) is 40.3 Å². The van der Waals surface area contributed by atoms with Crippen molar-refractivity contribution in [2.45, 2.75) is 34.6 Å². The molecule has 272 valence electrons. The Hall–Kier alpha value is -6.70. The van der Waals surface area contributed by atoms with Crippen LogP contribution in [0.3, 0.4) is 0 Å². The van der Waals surface area contributed by atoms with E-state index in [1.54, 1.807) is 0 Å². The number of allylic oxidation sites excluding steroid dienone is 1. The van der Waals surface area contributed by atoms with Crippen LogP contribution in [-0.4, -0.2) is 4.57 Å². The van der Waals surface area contributed by atoms with Gasteiger partial charge in [0, 0.05) is 11.1 Å². The van der Waals surface area contributed by atoms with Crippen molar-refractivity contribution in [2.75, 3.05) is 0 Å². The molecule has 0 aliphatic carbocycles. The predicted molar refractivity (Wildman–Crippen MR) is 242 cm³/mol. The largest absolute Gasteiger partial charge is 0.309 e. The normalized spacial score (nSPS) is 11.4. The smallest absolute Gasteiger partial charge is 0.0541 e. The van der Waals surface area contributed by atoms with Gasteiger partial charge in [-0.05, 0) is 136 Å². The highest BCUT2D eigenvalue weighted by atomic mass is 15.0. The molecule has 0 fully saturated rings. The average molecular weight is 722 g/mol. The zero-order valence-corrected chi connectivity index (χ0v) is 32.9. The Morgan fingerprint density at radius 2 is 1.07 bits per heavy atom. The lowest BCUT2D eigenvalue weighted by Crippen LogP contribution is -1.99. The van der Waals surface area contributed by atoms with Crippen molar-refractivity contribution in [3.8, 4) is 39.2 Å². The van der Waals surface area contributed by atoms with Gasteiger partial charge < -0.3 is 4.57 Å². The summed E-state index contributed by atoms with van der Waals surface area (Å²) >= 11 is 0. The summed E-state index contributed by atoms with van der Waals surface area (Å²) < 4.78 is 2.43. The maximum absolute atomic E-state index is 2.43. The SMILES string of the molecule is C/C=C(/c1ccccc1)c1ccc(-c2ccc3cc(-c4ccccc4)n(-c4ccc(C)c(-c5ccccc5C)c4)c3c2)cc1C.Cc1cccc2ccccc12. The molecule has 56 heavy (non-hydrogen) atoms. The molecule has 0 saturated carbocycles. The van der Waals surface area contributed by atoms with Crippen molar-refractivity contribution in [1.82, 2.24) is 4.57 Å². The molecule has 0 aliphatic heterocycles. The number of aryl methyl sites for hydroxylation is 4. The predicted octanol–water partition coefficient (Wildman–Crippen LogP) is 15.2. The van der Waals surface area contributed by atoms with E-state index in [1.165, 1.54) is 94.1 Å². The molecule has 1 heteroatoms. The fourth-order valence-corrected chi connectivity index (χ4v) is 8.02. The molecule has 0 aliphatic rings. The molecule has 0 N–H and O–H groups in total. The Kier molecular flexibility index (Phi) is 10.3. The minimum absolute atomic E-state index is 1.16. The van der Waals surface area contributed by atoms with Gasteiger partial charge >= 0.3 is 0 Å². The van der Waals surface area contributed by atoms with Crippen LogP contribution in [0.5, 0.6) is 0 Å². The summed E-state index contributed by atoms with van der Waals surface area (Å²) in [5, 5.41) is 3.91. The third-order valence-electron chi connectivity index (χ3n) is 11.0. The molecule has 0 atom stereocenters. The van der Waals surface area contributed by atoms with E-state index in [1.807, 2.05) is 0 Å². The Bertz CT molecular complexity index is 2830. The molecule has 0 amide bonds. The molecule has 0 unspecified atom stereocenters. The second kappa shape index (κ2) is 16.0. The summed E-state index contributed by atoms with van der Waals surface area (Å²) in [6, 6.07) is 67.9. The monoisotopic (exact) mass is 721 g/mol. The summed E-state index contributed by atoms with van der Waals surface area (Å²) in [5.41, 5.74) is 18.7. The van der Waals surface area contributed by atoms with Crippen molar-refractivity contribution in [3.63, 3.8) is 0 Å². The number of fused-ring (bicyclic) bond motifs is 2. The fourth-order valence-electron chi connectivity index (χ4n) is 8.02. The Morgan fingerprint density at radius 1 is 0.429 bits per heavy atom. The van der Waals surface area contributed by atoms with Crippen molar-refractivity contribution in [2.24, 2.45) is 0 Å². The van der Waals surface area contributed by atoms with Crippen LogP contribution >= 0.6 is 0 Å². The van der Waals surface area contributed by atoms with Crippen LogP contribution in [0.15, 0.2) is 194 Å². The molecule has 8 aromatic carbocycles. The van der Waals surface area contributed by atoms with E-state index in [0.717, 1.165) is 5.69 Å². The Labute approximate surface area is 331 Å². The summed E-state index contributed by atoms with van der Waals surface area (Å²) in [6.45, 7) is 10.9. The molecule has 9 rings (SSSR count). The minimum Gasteiger partial charge on any atom is -0.309 e. The number of hydrogen-bond acceptors (Lipinski definition) is 0. The van der Waals surface area contributed by atoms with E-state index in [2.05, 4.69) is 233 Å². The molecule has 0 bridgehead atoms. The molecule has 9 aromatic rings. The van der Waals surface area contributed by atoms with Gasteiger partial charge in [0.1, 0.15) is 0 Å². The van der Waals surface area contributed by atoms with Gasteiger partial charge in [0.25, 0.3) is 0 Å². The highest BCUT2D eigenvalue weighted by molar-refractivity contribution is 5.93. The second-order valence-corrected chi connectivity index (χ2v) is 14.7. The van der Waals surface area contributed by atoms with Gasteiger partial charge in [-0.15, -0.1) is 0 Å². The first-order valence-corrected chi connectivity index (χ1v) is 19.5. The third kappa shape index (κ3) is 7.25. The molecule has 1 aromatic heterocycles. The first kappa shape index (κ1) is 36.3. The first-order valence-electron chi connectivity index (χ1n) is 19.5. The zero-order chi connectivity index (χ0) is 38.6. The van der Waals surface area contributed by atoms with Crippen LogP contribution in [0.2, 0.25) is 0 Å². The number of benzene rings is 8.